The molecule has 0 aromatic heterocycles. The average molecular weight is 473 g/mol. The largest absolute Gasteiger partial charge is 0.550 e. The molecule has 174 valence electrons. The highest BCUT2D eigenvalue weighted by Crippen LogP contribution is 2.29. The second-order valence-electron chi connectivity index (χ2n) is 7.54. The molecule has 0 aliphatic carbocycles. The Morgan fingerprint density at radius 3 is 2.30 bits per heavy atom. The van der Waals surface area contributed by atoms with E-state index >= 15 is 0 Å². The van der Waals surface area contributed by atoms with Crippen molar-refractivity contribution in [3.63, 3.8) is 0 Å². The molecule has 2 unspecified atom stereocenters. The van der Waals surface area contributed by atoms with E-state index in [2.05, 4.69) is 10.6 Å². The molecule has 2 aromatic rings. The van der Waals surface area contributed by atoms with E-state index < -0.39 is 48.4 Å². The van der Waals surface area contributed by atoms with Crippen LogP contribution in [0.4, 0.5) is 4.79 Å². The van der Waals surface area contributed by atoms with Gasteiger partial charge in [-0.25, -0.2) is 4.79 Å². The molecule has 0 radical (unpaired) electrons. The topological polar surface area (TPSA) is 169 Å². The van der Waals surface area contributed by atoms with Crippen molar-refractivity contribution >= 4 is 42.1 Å². The van der Waals surface area contributed by atoms with Gasteiger partial charge in [0.05, 0.1) is 6.04 Å². The van der Waals surface area contributed by atoms with Gasteiger partial charge in [0, 0.05) is 18.0 Å². The number of imide groups is 1. The Bertz CT molecular complexity index is 1080. The maximum atomic E-state index is 13.0. The van der Waals surface area contributed by atoms with Crippen LogP contribution in [0.1, 0.15) is 36.1 Å². The molecule has 33 heavy (non-hydrogen) atoms. The Labute approximate surface area is 196 Å². The number of nitrogen functional groups attached to an aromatic ring is 1. The number of carboxylic acid groups (broad SMARTS) is 1. The lowest BCUT2D eigenvalue weighted by Gasteiger charge is -2.23. The first-order valence-electron chi connectivity index (χ1n) is 9.75. The van der Waals surface area contributed by atoms with E-state index in [9.17, 15) is 24.3 Å². The van der Waals surface area contributed by atoms with E-state index in [0.717, 1.165) is 4.90 Å². The smallest absolute Gasteiger partial charge is 0.325 e. The number of urea groups is 1. The number of nitrogens with two attached hydrogens (primary N) is 1. The zero-order valence-corrected chi connectivity index (χ0v) is 18.5. The predicted octanol–water partition coefficient (Wildman–Crippen LogP) is 0.157. The number of carboxylic acids is 1. The standard InChI is InChI=1S/C22H23N5O5.ClH/c1-22(15-9-7-14(8-10-15)19(23)24)20(31)27(21(32)26-22)12-17(28)25-16(11-18(29)30)13-5-3-2-4-6-13;/h2-10,16H,11-12H2,1H3,(H3,23,24)(H,25,28)(H,26,32)(H,29,30);1H/p-1. The van der Waals surface area contributed by atoms with Crippen molar-refractivity contribution in [1.29, 1.82) is 5.41 Å². The van der Waals surface area contributed by atoms with Gasteiger partial charge in [-0.3, -0.25) is 19.9 Å². The van der Waals surface area contributed by atoms with Crippen LogP contribution in [-0.2, 0) is 19.9 Å². The molecule has 2 atom stereocenters. The van der Waals surface area contributed by atoms with Crippen LogP contribution >= 0.6 is 12.4 Å². The van der Waals surface area contributed by atoms with Crippen LogP contribution in [0.2, 0.25) is 0 Å². The summed E-state index contributed by atoms with van der Waals surface area (Å²) in [5.74, 6) is -2.81. The van der Waals surface area contributed by atoms with Crippen LogP contribution in [-0.4, -0.2) is 41.1 Å². The van der Waals surface area contributed by atoms with Crippen LogP contribution < -0.4 is 21.5 Å². The zero-order chi connectivity index (χ0) is 23.5. The summed E-state index contributed by atoms with van der Waals surface area (Å²) in [6, 6.07) is 13.1. The number of amidine groups is 1. The summed E-state index contributed by atoms with van der Waals surface area (Å²) in [6.07, 6.45) is -0.462. The molecule has 1 fully saturated rings. The Hall–Kier alpha value is -3.92. The van der Waals surface area contributed by atoms with Gasteiger partial charge in [-0.2, -0.15) is 0 Å². The molecule has 5 N–H and O–H groups in total. The summed E-state index contributed by atoms with van der Waals surface area (Å²) in [5.41, 5.74) is 5.51. The number of carbonyl (C=O) groups is 4. The Morgan fingerprint density at radius 2 is 1.76 bits per heavy atom. The minimum Gasteiger partial charge on any atom is -0.550 e. The van der Waals surface area contributed by atoms with Crippen LogP contribution in [0.15, 0.2) is 54.6 Å². The fraction of sp³-hybridized carbons (Fsp3) is 0.227. The summed E-state index contributed by atoms with van der Waals surface area (Å²) in [4.78, 5) is 50.0. The lowest BCUT2D eigenvalue weighted by molar-refractivity contribution is -0.306. The Morgan fingerprint density at radius 1 is 1.15 bits per heavy atom. The summed E-state index contributed by atoms with van der Waals surface area (Å²) < 4.78 is 0. The van der Waals surface area contributed by atoms with Gasteiger partial charge in [0.15, 0.2) is 0 Å². The third-order valence-corrected chi connectivity index (χ3v) is 5.26. The van der Waals surface area contributed by atoms with Crippen molar-refractivity contribution in [2.24, 2.45) is 5.73 Å². The fourth-order valence-electron chi connectivity index (χ4n) is 3.51. The first-order chi connectivity index (χ1) is 15.1. The number of carbonyl (C=O) groups excluding carboxylic acids is 4. The highest BCUT2D eigenvalue weighted by atomic mass is 35.5. The molecule has 1 aliphatic heterocycles. The van der Waals surface area contributed by atoms with Crippen molar-refractivity contribution < 1.29 is 24.3 Å². The number of benzene rings is 2. The molecule has 4 amide bonds. The monoisotopic (exact) mass is 472 g/mol. The molecule has 10 nitrogen and oxygen atoms in total. The van der Waals surface area contributed by atoms with E-state index in [0.29, 0.717) is 16.7 Å². The molecule has 2 aromatic carbocycles. The molecule has 3 rings (SSSR count). The molecule has 0 saturated carbocycles. The van der Waals surface area contributed by atoms with Crippen LogP contribution in [0.25, 0.3) is 0 Å². The van der Waals surface area contributed by atoms with E-state index in [4.69, 9.17) is 11.1 Å². The van der Waals surface area contributed by atoms with E-state index in [1.54, 1.807) is 54.6 Å². The summed E-state index contributed by atoms with van der Waals surface area (Å²) >= 11 is 0. The van der Waals surface area contributed by atoms with Gasteiger partial charge in [0.25, 0.3) is 5.91 Å². The van der Waals surface area contributed by atoms with Gasteiger partial charge in [0.1, 0.15) is 17.9 Å². The van der Waals surface area contributed by atoms with Gasteiger partial charge in [-0.05, 0) is 18.1 Å². The van der Waals surface area contributed by atoms with Gasteiger partial charge in [0.2, 0.25) is 5.91 Å². The second-order valence-corrected chi connectivity index (χ2v) is 7.54. The average Bonchev–Trinajstić information content (AvgIpc) is 2.97. The number of rotatable bonds is 8. The van der Waals surface area contributed by atoms with Gasteiger partial charge in [-0.1, -0.05) is 54.6 Å². The number of nitrogens with zero attached hydrogens (tertiary/aromatic N) is 1. The van der Waals surface area contributed by atoms with Gasteiger partial charge >= 0.3 is 6.03 Å². The van der Waals surface area contributed by atoms with Gasteiger partial charge < -0.3 is 26.3 Å². The lowest BCUT2D eigenvalue weighted by Crippen LogP contribution is -2.44. The molecule has 0 bridgehead atoms. The minimum absolute atomic E-state index is 0. The number of hydrogen-bond acceptors (Lipinski definition) is 6. The Balaban J connectivity index is 0.00000385. The van der Waals surface area contributed by atoms with E-state index in [1.807, 2.05) is 0 Å². The molecule has 1 aliphatic rings. The van der Waals surface area contributed by atoms with Crippen molar-refractivity contribution in [1.82, 2.24) is 15.5 Å². The molecule has 0 spiro atoms. The summed E-state index contributed by atoms with van der Waals surface area (Å²) in [6.45, 7) is 0.930. The highest BCUT2D eigenvalue weighted by molar-refractivity contribution is 6.09. The van der Waals surface area contributed by atoms with Crippen molar-refractivity contribution in [3.8, 4) is 0 Å². The van der Waals surface area contributed by atoms with Crippen molar-refractivity contribution in [2.45, 2.75) is 24.9 Å². The Kier molecular flexibility index (Phi) is 7.78. The summed E-state index contributed by atoms with van der Waals surface area (Å²) in [7, 11) is 0. The first kappa shape index (κ1) is 25.3. The predicted molar refractivity (Wildman–Crippen MR) is 119 cm³/mol. The van der Waals surface area contributed by atoms with Crippen molar-refractivity contribution in [3.05, 3.63) is 71.3 Å². The third kappa shape index (κ3) is 5.47. The molecular formula is C22H23ClN5O5-. The van der Waals surface area contributed by atoms with Gasteiger partial charge in [-0.15, -0.1) is 12.4 Å². The SMILES string of the molecule is CC1(c2ccc(C(=N)N)cc2)NC(=O)N(CC(=O)NC(CC(=O)[O-])c2ccccc2)C1=O.Cl. The number of amides is 4. The molecular weight excluding hydrogens is 450 g/mol. The highest BCUT2D eigenvalue weighted by Gasteiger charge is 2.49. The zero-order valence-electron chi connectivity index (χ0n) is 17.7. The second kappa shape index (κ2) is 10.1. The van der Waals surface area contributed by atoms with Crippen LogP contribution in [0.5, 0.6) is 0 Å². The number of hydrogen-bond donors (Lipinski definition) is 4. The first-order valence-corrected chi connectivity index (χ1v) is 9.75. The maximum absolute atomic E-state index is 13.0. The van der Waals surface area contributed by atoms with E-state index in [1.165, 1.54) is 6.92 Å². The van der Waals surface area contributed by atoms with E-state index in [-0.39, 0.29) is 18.2 Å². The molecule has 1 heterocycles. The quantitative estimate of drug-likeness (QED) is 0.242. The van der Waals surface area contributed by atoms with Crippen LogP contribution in [0, 0.1) is 5.41 Å². The van der Waals surface area contributed by atoms with Crippen molar-refractivity contribution in [2.75, 3.05) is 6.54 Å². The minimum atomic E-state index is -1.41. The molecule has 11 heteroatoms. The number of nitrogens with one attached hydrogen (secondary N) is 3. The maximum Gasteiger partial charge on any atom is 0.325 e. The number of aliphatic carboxylic acids is 1. The summed E-state index contributed by atoms with van der Waals surface area (Å²) in [5, 5.41) is 23.7. The fourth-order valence-corrected chi connectivity index (χ4v) is 3.51. The third-order valence-electron chi connectivity index (χ3n) is 5.26. The number of halogens is 1. The molecule has 1 saturated heterocycles. The normalized spacial score (nSPS) is 18.2. The van der Waals surface area contributed by atoms with Crippen LogP contribution in [0.3, 0.4) is 0 Å². The lowest BCUT2D eigenvalue weighted by atomic mass is 9.91.